The Balaban J connectivity index is 0.935. The minimum absolute atomic E-state index is 0.0421. The van der Waals surface area contributed by atoms with Crippen LogP contribution in [0, 0.1) is 0 Å². The van der Waals surface area contributed by atoms with Crippen molar-refractivity contribution in [2.75, 3.05) is 20.0 Å². The number of benzene rings is 12. The number of nitrogens with one attached hydrogen (secondary N) is 1. The van der Waals surface area contributed by atoms with E-state index in [1.807, 2.05) is 0 Å². The van der Waals surface area contributed by atoms with Gasteiger partial charge in [0, 0.05) is 84.6 Å². The molecule has 3 aliphatic heterocycles. The zero-order chi connectivity index (χ0) is 70.1. The van der Waals surface area contributed by atoms with Crippen LogP contribution in [0.4, 0.5) is 51.2 Å². The number of fused-ring (bicyclic) bond motifs is 10. The lowest BCUT2D eigenvalue weighted by Crippen LogP contribution is -2.55. The molecule has 0 fully saturated rings. The minimum Gasteiger partial charge on any atom is -0.362 e. The molecular formula is C94H86B2N6. The Morgan fingerprint density at radius 1 is 0.333 bits per heavy atom. The number of hydrogen-bond acceptors (Lipinski definition) is 4. The van der Waals surface area contributed by atoms with Crippen molar-refractivity contribution in [1.29, 1.82) is 0 Å². The Morgan fingerprint density at radius 2 is 0.725 bits per heavy atom. The Kier molecular flexibility index (Phi) is 15.3. The molecule has 14 aromatic rings. The largest absolute Gasteiger partial charge is 0.362 e. The lowest BCUT2D eigenvalue weighted by molar-refractivity contribution is 0.590. The molecule has 102 heavy (non-hydrogen) atoms. The van der Waals surface area contributed by atoms with Crippen LogP contribution in [0.3, 0.4) is 0 Å². The lowest BCUT2D eigenvalue weighted by Gasteiger charge is -2.44. The zero-order valence-electron chi connectivity index (χ0n) is 60.7. The van der Waals surface area contributed by atoms with Gasteiger partial charge in [-0.2, -0.15) is 0 Å². The van der Waals surface area contributed by atoms with E-state index in [1.165, 1.54) is 98.9 Å². The number of nitrogens with zero attached hydrogens (tertiary/aromatic N) is 5. The van der Waals surface area contributed by atoms with Gasteiger partial charge in [-0.25, -0.2) is 0 Å². The fourth-order valence-electron chi connectivity index (χ4n) is 16.2. The van der Waals surface area contributed by atoms with E-state index in [0.717, 1.165) is 75.4 Å². The molecule has 3 aliphatic rings. The van der Waals surface area contributed by atoms with Crippen molar-refractivity contribution in [2.45, 2.75) is 105 Å². The molecule has 5 heterocycles. The highest BCUT2D eigenvalue weighted by Gasteiger charge is 2.44. The topological polar surface area (TPSA) is 31.6 Å². The van der Waals surface area contributed by atoms with E-state index in [1.54, 1.807) is 0 Å². The molecule has 2 aromatic heterocycles. The number of para-hydroxylation sites is 5. The van der Waals surface area contributed by atoms with Crippen molar-refractivity contribution >= 4 is 137 Å². The first-order chi connectivity index (χ1) is 49.1. The molecule has 0 amide bonds. The first-order valence-corrected chi connectivity index (χ1v) is 36.3. The summed E-state index contributed by atoms with van der Waals surface area (Å²) in [6, 6.07) is 100. The number of rotatable bonds is 10. The molecule has 6 nitrogen and oxygen atoms in total. The van der Waals surface area contributed by atoms with Crippen LogP contribution < -0.4 is 41.9 Å². The predicted octanol–water partition coefficient (Wildman–Crippen LogP) is 21.9. The van der Waals surface area contributed by atoms with E-state index >= 15 is 0 Å². The highest BCUT2D eigenvalue weighted by atomic mass is 15.2. The van der Waals surface area contributed by atoms with Gasteiger partial charge in [0.05, 0.1) is 33.4 Å². The molecule has 0 aliphatic carbocycles. The molecule has 0 radical (unpaired) electrons. The van der Waals surface area contributed by atoms with E-state index in [9.17, 15) is 0 Å². The van der Waals surface area contributed by atoms with Crippen LogP contribution in [0.1, 0.15) is 111 Å². The van der Waals surface area contributed by atoms with E-state index in [4.69, 9.17) is 0 Å². The van der Waals surface area contributed by atoms with Gasteiger partial charge in [-0.1, -0.05) is 246 Å². The molecule has 17 rings (SSSR count). The Labute approximate surface area is 602 Å². The van der Waals surface area contributed by atoms with Crippen LogP contribution in [-0.2, 0) is 21.7 Å². The van der Waals surface area contributed by atoms with E-state index in [0.29, 0.717) is 0 Å². The molecule has 0 bridgehead atoms. The zero-order valence-corrected chi connectivity index (χ0v) is 60.7. The monoisotopic (exact) mass is 1320 g/mol. The highest BCUT2D eigenvalue weighted by molar-refractivity contribution is 6.95. The van der Waals surface area contributed by atoms with Gasteiger partial charge in [0.2, 0.25) is 7.28 Å². The molecule has 1 N–H and O–H groups in total. The summed E-state index contributed by atoms with van der Waals surface area (Å²) in [5.74, 6) is 0. The van der Waals surface area contributed by atoms with Gasteiger partial charge in [0.15, 0.2) is 0 Å². The van der Waals surface area contributed by atoms with Crippen LogP contribution >= 0.6 is 0 Å². The van der Waals surface area contributed by atoms with Crippen molar-refractivity contribution in [3.05, 3.63) is 324 Å². The second-order valence-electron chi connectivity index (χ2n) is 32.4. The molecule has 0 unspecified atom stereocenters. The summed E-state index contributed by atoms with van der Waals surface area (Å²) in [5.41, 5.74) is 30.3. The van der Waals surface area contributed by atoms with Crippen molar-refractivity contribution in [3.8, 4) is 11.4 Å². The van der Waals surface area contributed by atoms with Gasteiger partial charge < -0.3 is 29.2 Å². The third-order valence-corrected chi connectivity index (χ3v) is 21.6. The number of aromatic nitrogens is 2. The lowest BCUT2D eigenvalue weighted by atomic mass is 9.33. The van der Waals surface area contributed by atoms with Gasteiger partial charge >= 0.3 is 0 Å². The van der Waals surface area contributed by atoms with E-state index in [-0.39, 0.29) is 28.4 Å². The fraction of sp³-hybridized carbons (Fsp3) is 0.170. The van der Waals surface area contributed by atoms with Gasteiger partial charge in [-0.3, -0.25) is 0 Å². The minimum atomic E-state index is -0.193. The molecule has 0 atom stereocenters. The average Bonchev–Trinajstić information content (AvgIpc) is 0.748. The normalized spacial score (nSPS) is 14.0. The standard InChI is InChI=1S/C94H86B2N6/c1-91(2,3)62-42-47-79-71(53-62)72-54-63(92(4,5)6)43-48-80(72)101(79)69-57-78(89-86(58-69)98(66-31-19-14-20-32-66)83-39-27-25-37-75(83)95-89)97-52-51-85-77(46-41-61-29-17-13-18-30-61)96-76-38-26-28-40-84(76)99(67-33-21-15-22-34-67)87-59-70(60-88(90(87)96)100(85)68-35-23-16-24-36-68)102-81-49-44-64(93(7,8)9)55-73(81)74-56-65(94(10,11)12)45-50-82(74)102/h13-60,95,97H,1-12H3/b46-41-,52-51+. The van der Waals surface area contributed by atoms with Crippen LogP contribution in [0.2, 0.25) is 0 Å². The van der Waals surface area contributed by atoms with Gasteiger partial charge in [0.1, 0.15) is 0 Å². The maximum Gasteiger partial charge on any atom is 0.252 e. The molecular weight excluding hydrogens is 1230 g/mol. The maximum atomic E-state index is 4.16. The van der Waals surface area contributed by atoms with E-state index in [2.05, 4.69) is 404 Å². The summed E-state index contributed by atoms with van der Waals surface area (Å²) in [5, 5.41) is 9.19. The Hall–Kier alpha value is -11.2. The number of anilines is 9. The molecule has 8 heteroatoms. The summed E-state index contributed by atoms with van der Waals surface area (Å²) in [7, 11) is 0.736. The summed E-state index contributed by atoms with van der Waals surface area (Å²) < 4.78 is 5.07. The van der Waals surface area contributed by atoms with Crippen LogP contribution in [0.5, 0.6) is 0 Å². The number of allylic oxidation sites excluding steroid dienone is 3. The first kappa shape index (κ1) is 64.2. The van der Waals surface area contributed by atoms with Crippen molar-refractivity contribution in [3.63, 3.8) is 0 Å². The molecule has 498 valence electrons. The van der Waals surface area contributed by atoms with Crippen LogP contribution in [0.25, 0.3) is 61.1 Å². The summed E-state index contributed by atoms with van der Waals surface area (Å²) in [6.07, 6.45) is 9.33. The second-order valence-corrected chi connectivity index (χ2v) is 32.4. The fourth-order valence-corrected chi connectivity index (χ4v) is 16.2. The maximum absolute atomic E-state index is 4.16. The molecule has 12 aromatic carbocycles. The Morgan fingerprint density at radius 3 is 1.21 bits per heavy atom. The molecule has 0 saturated carbocycles. The van der Waals surface area contributed by atoms with Gasteiger partial charge in [-0.15, -0.1) is 0 Å². The van der Waals surface area contributed by atoms with Crippen LogP contribution in [-0.4, -0.2) is 23.1 Å². The predicted molar refractivity (Wildman–Crippen MR) is 441 cm³/mol. The smallest absolute Gasteiger partial charge is 0.252 e. The third-order valence-electron chi connectivity index (χ3n) is 21.6. The van der Waals surface area contributed by atoms with Gasteiger partial charge in [-0.05, 0) is 199 Å². The quantitative estimate of drug-likeness (QED) is 0.138. The highest BCUT2D eigenvalue weighted by Crippen LogP contribution is 2.49. The van der Waals surface area contributed by atoms with Crippen LogP contribution in [0.15, 0.2) is 296 Å². The van der Waals surface area contributed by atoms with E-state index < -0.39 is 0 Å². The SMILES string of the molecule is CC(C)(C)c1ccc2c(c1)c1cc(C(C)(C)C)ccc1n2-c1cc(N/C=C/C2=C(/C=C\c3ccccc3)B3c4ccccc4N(c4ccccc4)c4cc(-n5c6ccc(C(C)(C)C)cc6c6cc(C(C)(C)C)ccc65)cc(c43)N2c2ccccc2)c2c(c1)N(c1ccccc1)c1ccccc1B2. The third kappa shape index (κ3) is 11.0. The Bertz CT molecular complexity index is 5610. The number of hydrogen-bond donors (Lipinski definition) is 1. The average molecular weight is 1320 g/mol. The van der Waals surface area contributed by atoms with Crippen molar-refractivity contribution in [2.24, 2.45) is 0 Å². The second kappa shape index (κ2) is 24.3. The summed E-state index contributed by atoms with van der Waals surface area (Å²) in [4.78, 5) is 7.56. The van der Waals surface area contributed by atoms with Crippen molar-refractivity contribution < 1.29 is 0 Å². The summed E-state index contributed by atoms with van der Waals surface area (Å²) >= 11 is 0. The first-order valence-electron chi connectivity index (χ1n) is 36.3. The summed E-state index contributed by atoms with van der Waals surface area (Å²) in [6.45, 7) is 27.7. The van der Waals surface area contributed by atoms with Gasteiger partial charge in [0.25, 0.3) is 6.71 Å². The molecule has 0 saturated heterocycles. The molecule has 0 spiro atoms. The van der Waals surface area contributed by atoms with Crippen molar-refractivity contribution in [1.82, 2.24) is 9.13 Å².